The summed E-state index contributed by atoms with van der Waals surface area (Å²) in [5.41, 5.74) is 2.44. The summed E-state index contributed by atoms with van der Waals surface area (Å²) in [6.07, 6.45) is 3.85. The molecule has 1 amide bonds. The number of hydrogen-bond acceptors (Lipinski definition) is 3. The van der Waals surface area contributed by atoms with Gasteiger partial charge in [-0.2, -0.15) is 0 Å². The number of aromatic nitrogens is 1. The summed E-state index contributed by atoms with van der Waals surface area (Å²) in [5, 5.41) is 0.685. The van der Waals surface area contributed by atoms with E-state index in [1.165, 1.54) is 5.56 Å². The Morgan fingerprint density at radius 3 is 2.67 bits per heavy atom. The number of carbonyl (C=O) groups is 1. The quantitative estimate of drug-likeness (QED) is 0.845. The summed E-state index contributed by atoms with van der Waals surface area (Å²) in [6, 6.07) is 5.88. The predicted octanol–water partition coefficient (Wildman–Crippen LogP) is 1.73. The molecule has 4 rings (SSSR count). The van der Waals surface area contributed by atoms with E-state index in [2.05, 4.69) is 22.5 Å². The fourth-order valence-corrected chi connectivity index (χ4v) is 3.95. The van der Waals surface area contributed by atoms with Crippen LogP contribution in [0.25, 0.3) is 10.9 Å². The molecule has 2 aliphatic rings. The number of hydrogen-bond donors (Lipinski definition) is 0. The van der Waals surface area contributed by atoms with E-state index in [9.17, 15) is 9.59 Å². The summed E-state index contributed by atoms with van der Waals surface area (Å²) in [6.45, 7) is 7.18. The molecular weight excluding hydrogens is 302 g/mol. The average Bonchev–Trinajstić information content (AvgIpc) is 2.64. The van der Waals surface area contributed by atoms with Crippen LogP contribution in [0.2, 0.25) is 0 Å². The Morgan fingerprint density at radius 1 is 1.12 bits per heavy atom. The molecule has 0 radical (unpaired) electrons. The van der Waals surface area contributed by atoms with Crippen LogP contribution in [0.5, 0.6) is 0 Å². The van der Waals surface area contributed by atoms with Crippen LogP contribution in [0.15, 0.2) is 29.2 Å². The van der Waals surface area contributed by atoms with Gasteiger partial charge < -0.3 is 14.4 Å². The molecule has 5 nitrogen and oxygen atoms in total. The molecule has 24 heavy (non-hydrogen) atoms. The molecule has 0 saturated carbocycles. The molecule has 0 N–H and O–H groups in total. The number of carbonyl (C=O) groups excluding carboxylic acids is 1. The van der Waals surface area contributed by atoms with Gasteiger partial charge in [0, 0.05) is 44.3 Å². The van der Waals surface area contributed by atoms with Gasteiger partial charge in [-0.1, -0.05) is 19.1 Å². The highest BCUT2D eigenvalue weighted by atomic mass is 16.2. The van der Waals surface area contributed by atoms with E-state index in [-0.39, 0.29) is 11.3 Å². The SMILES string of the molecule is CCN1CCN(C(=O)c2cn3c4c(cccc4c2=O)CCC3)CC1. The Balaban J connectivity index is 1.74. The van der Waals surface area contributed by atoms with E-state index in [4.69, 9.17) is 0 Å². The van der Waals surface area contributed by atoms with E-state index in [1.54, 1.807) is 6.20 Å². The van der Waals surface area contributed by atoms with Crippen molar-refractivity contribution < 1.29 is 4.79 Å². The minimum absolute atomic E-state index is 0.114. The van der Waals surface area contributed by atoms with Crippen molar-refractivity contribution in [2.75, 3.05) is 32.7 Å². The number of para-hydroxylation sites is 1. The van der Waals surface area contributed by atoms with Crippen LogP contribution >= 0.6 is 0 Å². The number of likely N-dealkylation sites (N-methyl/N-ethyl adjacent to an activating group) is 1. The maximum Gasteiger partial charge on any atom is 0.259 e. The summed E-state index contributed by atoms with van der Waals surface area (Å²) in [4.78, 5) is 30.0. The lowest BCUT2D eigenvalue weighted by Crippen LogP contribution is -2.49. The summed E-state index contributed by atoms with van der Waals surface area (Å²) >= 11 is 0. The number of aryl methyl sites for hydroxylation is 2. The Kier molecular flexibility index (Phi) is 3.88. The molecule has 3 heterocycles. The number of benzene rings is 1. The number of amides is 1. The highest BCUT2D eigenvalue weighted by molar-refractivity contribution is 5.98. The monoisotopic (exact) mass is 325 g/mol. The zero-order valence-electron chi connectivity index (χ0n) is 14.1. The molecule has 1 aromatic carbocycles. The molecule has 0 unspecified atom stereocenters. The Bertz CT molecular complexity index is 848. The van der Waals surface area contributed by atoms with E-state index in [1.807, 2.05) is 17.0 Å². The molecule has 0 spiro atoms. The van der Waals surface area contributed by atoms with Crippen LogP contribution < -0.4 is 5.43 Å². The molecule has 126 valence electrons. The summed E-state index contributed by atoms with van der Waals surface area (Å²) in [5.74, 6) is -0.114. The minimum Gasteiger partial charge on any atom is -0.346 e. The lowest BCUT2D eigenvalue weighted by Gasteiger charge is -2.34. The largest absolute Gasteiger partial charge is 0.346 e. The highest BCUT2D eigenvalue weighted by Gasteiger charge is 2.25. The summed E-state index contributed by atoms with van der Waals surface area (Å²) in [7, 11) is 0. The van der Waals surface area contributed by atoms with E-state index >= 15 is 0 Å². The molecule has 2 aliphatic heterocycles. The Hall–Kier alpha value is -2.14. The summed E-state index contributed by atoms with van der Waals surface area (Å²) < 4.78 is 2.10. The van der Waals surface area contributed by atoms with Gasteiger partial charge in [0.25, 0.3) is 5.91 Å². The molecule has 2 aromatic rings. The number of rotatable bonds is 2. The van der Waals surface area contributed by atoms with Gasteiger partial charge in [-0.15, -0.1) is 0 Å². The zero-order valence-corrected chi connectivity index (χ0v) is 14.1. The predicted molar refractivity (Wildman–Crippen MR) is 94.5 cm³/mol. The van der Waals surface area contributed by atoms with Gasteiger partial charge in [-0.3, -0.25) is 9.59 Å². The number of nitrogens with zero attached hydrogens (tertiary/aromatic N) is 3. The van der Waals surface area contributed by atoms with Gasteiger partial charge in [0.05, 0.1) is 5.52 Å². The van der Waals surface area contributed by atoms with Crippen molar-refractivity contribution in [2.24, 2.45) is 0 Å². The molecule has 5 heteroatoms. The lowest BCUT2D eigenvalue weighted by atomic mass is 9.99. The van der Waals surface area contributed by atoms with Crippen LogP contribution in [0, 0.1) is 0 Å². The second-order valence-electron chi connectivity index (χ2n) is 6.71. The minimum atomic E-state index is -0.118. The highest BCUT2D eigenvalue weighted by Crippen LogP contribution is 2.23. The molecule has 0 bridgehead atoms. The molecular formula is C19H23N3O2. The third kappa shape index (κ3) is 2.44. The van der Waals surface area contributed by atoms with Crippen molar-refractivity contribution in [1.29, 1.82) is 0 Å². The molecule has 1 fully saturated rings. The maximum absolute atomic E-state index is 12.9. The van der Waals surface area contributed by atoms with Crippen molar-refractivity contribution in [1.82, 2.24) is 14.4 Å². The third-order valence-corrected chi connectivity index (χ3v) is 5.36. The first-order chi connectivity index (χ1) is 11.7. The van der Waals surface area contributed by atoms with Crippen LogP contribution in [0.1, 0.15) is 29.3 Å². The molecule has 1 saturated heterocycles. The Morgan fingerprint density at radius 2 is 1.92 bits per heavy atom. The van der Waals surface area contributed by atoms with Crippen molar-refractivity contribution >= 4 is 16.8 Å². The van der Waals surface area contributed by atoms with Gasteiger partial charge in [-0.05, 0) is 31.0 Å². The van der Waals surface area contributed by atoms with Gasteiger partial charge in [0.15, 0.2) is 0 Å². The first-order valence-electron chi connectivity index (χ1n) is 8.85. The van der Waals surface area contributed by atoms with Crippen molar-refractivity contribution in [3.63, 3.8) is 0 Å². The van der Waals surface area contributed by atoms with Gasteiger partial charge in [0.2, 0.25) is 5.43 Å². The second kappa shape index (κ2) is 6.06. The van der Waals surface area contributed by atoms with Gasteiger partial charge in [-0.25, -0.2) is 0 Å². The van der Waals surface area contributed by atoms with Crippen molar-refractivity contribution in [3.8, 4) is 0 Å². The Labute approximate surface area is 141 Å². The smallest absolute Gasteiger partial charge is 0.259 e. The first kappa shape index (κ1) is 15.4. The fourth-order valence-electron chi connectivity index (χ4n) is 3.95. The standard InChI is InChI=1S/C19H23N3O2/c1-2-20-9-11-21(12-10-20)19(24)16-13-22-8-4-6-14-5-3-7-15(17(14)22)18(16)23/h3,5,7,13H,2,4,6,8-12H2,1H3. The third-order valence-electron chi connectivity index (χ3n) is 5.36. The van der Waals surface area contributed by atoms with E-state index in [0.717, 1.165) is 44.5 Å². The first-order valence-corrected chi connectivity index (χ1v) is 8.85. The van der Waals surface area contributed by atoms with Crippen LogP contribution in [-0.2, 0) is 13.0 Å². The number of pyridine rings is 1. The van der Waals surface area contributed by atoms with Crippen molar-refractivity contribution in [3.05, 3.63) is 45.7 Å². The van der Waals surface area contributed by atoms with Gasteiger partial charge >= 0.3 is 0 Å². The van der Waals surface area contributed by atoms with Crippen LogP contribution in [0.4, 0.5) is 0 Å². The zero-order chi connectivity index (χ0) is 16.7. The van der Waals surface area contributed by atoms with Crippen LogP contribution in [0.3, 0.4) is 0 Å². The van der Waals surface area contributed by atoms with E-state index < -0.39 is 0 Å². The lowest BCUT2D eigenvalue weighted by molar-refractivity contribution is 0.0641. The molecule has 1 aromatic heterocycles. The second-order valence-corrected chi connectivity index (χ2v) is 6.71. The van der Waals surface area contributed by atoms with Gasteiger partial charge in [0.1, 0.15) is 5.56 Å². The molecule has 0 atom stereocenters. The maximum atomic E-state index is 12.9. The van der Waals surface area contributed by atoms with Crippen LogP contribution in [-0.4, -0.2) is 53.0 Å². The molecule has 0 aliphatic carbocycles. The average molecular weight is 325 g/mol. The van der Waals surface area contributed by atoms with Crippen molar-refractivity contribution in [2.45, 2.75) is 26.3 Å². The topological polar surface area (TPSA) is 45.5 Å². The normalized spacial score (nSPS) is 18.1. The van der Waals surface area contributed by atoms with E-state index in [0.29, 0.717) is 24.0 Å². The number of piperazine rings is 1. The fraction of sp³-hybridized carbons (Fsp3) is 0.474.